The Hall–Kier alpha value is -1.02. The molecule has 0 spiro atoms. The first-order valence-electron chi connectivity index (χ1n) is 7.17. The fourth-order valence-corrected chi connectivity index (χ4v) is 3.57. The average molecular weight is 313 g/mol. The van der Waals surface area contributed by atoms with Crippen molar-refractivity contribution in [2.24, 2.45) is 5.92 Å². The maximum atomic E-state index is 12.5. The summed E-state index contributed by atoms with van der Waals surface area (Å²) in [7, 11) is -0.0504. The predicted molar refractivity (Wildman–Crippen MR) is 80.4 cm³/mol. The standard InChI is InChI=1S/C14H23N3O3S/c1-15-9-13-3-4-14(16-10-13)21(18,19)17(2)11-12-5-7-20-8-6-12/h3-4,10,12,15H,5-9,11H2,1-2H3. The Bertz CT molecular complexity index is 539. The van der Waals surface area contributed by atoms with Crippen molar-refractivity contribution in [3.05, 3.63) is 23.9 Å². The minimum absolute atomic E-state index is 0.108. The monoisotopic (exact) mass is 313 g/mol. The average Bonchev–Trinajstić information content (AvgIpc) is 2.49. The van der Waals surface area contributed by atoms with Gasteiger partial charge in [-0.15, -0.1) is 0 Å². The van der Waals surface area contributed by atoms with Crippen LogP contribution in [0.4, 0.5) is 0 Å². The Kier molecular flexibility index (Phi) is 5.69. The molecule has 1 N–H and O–H groups in total. The Labute approximate surface area is 126 Å². The largest absolute Gasteiger partial charge is 0.381 e. The molecule has 0 unspecified atom stereocenters. The molecule has 6 nitrogen and oxygen atoms in total. The Balaban J connectivity index is 2.05. The van der Waals surface area contributed by atoms with Crippen LogP contribution in [0.2, 0.25) is 0 Å². The molecule has 1 aliphatic heterocycles. The molecule has 7 heteroatoms. The molecule has 118 valence electrons. The Morgan fingerprint density at radius 1 is 1.38 bits per heavy atom. The van der Waals surface area contributed by atoms with Crippen LogP contribution in [0.15, 0.2) is 23.4 Å². The molecule has 1 aliphatic rings. The third-order valence-electron chi connectivity index (χ3n) is 3.71. The molecule has 1 aromatic rings. The van der Waals surface area contributed by atoms with Crippen LogP contribution in [-0.4, -0.2) is 51.6 Å². The first kappa shape index (κ1) is 16.4. The number of nitrogens with one attached hydrogen (secondary N) is 1. The maximum absolute atomic E-state index is 12.5. The lowest BCUT2D eigenvalue weighted by molar-refractivity contribution is 0.0620. The van der Waals surface area contributed by atoms with Crippen LogP contribution >= 0.6 is 0 Å². The molecular weight excluding hydrogens is 290 g/mol. The molecule has 1 aromatic heterocycles. The number of hydrogen-bond acceptors (Lipinski definition) is 5. The van der Waals surface area contributed by atoms with E-state index >= 15 is 0 Å². The van der Waals surface area contributed by atoms with Crippen molar-refractivity contribution >= 4 is 10.0 Å². The zero-order valence-corrected chi connectivity index (χ0v) is 13.4. The third-order valence-corrected chi connectivity index (χ3v) is 5.45. The molecular formula is C14H23N3O3S. The molecule has 1 fully saturated rings. The quantitative estimate of drug-likeness (QED) is 0.843. The fourth-order valence-electron chi connectivity index (χ4n) is 2.42. The second-order valence-corrected chi connectivity index (χ2v) is 7.37. The van der Waals surface area contributed by atoms with E-state index in [0.29, 0.717) is 19.0 Å². The van der Waals surface area contributed by atoms with Gasteiger partial charge in [0.15, 0.2) is 5.03 Å². The van der Waals surface area contributed by atoms with Crippen molar-refractivity contribution in [2.75, 3.05) is 33.9 Å². The summed E-state index contributed by atoms with van der Waals surface area (Å²) in [5.41, 5.74) is 0.962. The fraction of sp³-hybridized carbons (Fsp3) is 0.643. The molecule has 2 heterocycles. The van der Waals surface area contributed by atoms with Gasteiger partial charge < -0.3 is 10.1 Å². The molecule has 0 amide bonds. The van der Waals surface area contributed by atoms with Crippen LogP contribution in [0.5, 0.6) is 0 Å². The van der Waals surface area contributed by atoms with E-state index in [-0.39, 0.29) is 5.03 Å². The van der Waals surface area contributed by atoms with Gasteiger partial charge in [0.2, 0.25) is 0 Å². The molecule has 0 aliphatic carbocycles. The molecule has 1 saturated heterocycles. The highest BCUT2D eigenvalue weighted by Gasteiger charge is 2.25. The van der Waals surface area contributed by atoms with E-state index in [2.05, 4.69) is 10.3 Å². The van der Waals surface area contributed by atoms with E-state index in [1.54, 1.807) is 25.4 Å². The third kappa shape index (κ3) is 4.23. The Morgan fingerprint density at radius 2 is 2.10 bits per heavy atom. The van der Waals surface area contributed by atoms with E-state index < -0.39 is 10.0 Å². The normalized spacial score (nSPS) is 17.3. The summed E-state index contributed by atoms with van der Waals surface area (Å²) in [5, 5.41) is 3.12. The van der Waals surface area contributed by atoms with Crippen LogP contribution in [-0.2, 0) is 21.3 Å². The smallest absolute Gasteiger partial charge is 0.260 e. The SMILES string of the molecule is CNCc1ccc(S(=O)(=O)N(C)CC2CCOCC2)nc1. The number of sulfonamides is 1. The summed E-state index contributed by atoms with van der Waals surface area (Å²) in [6, 6.07) is 3.36. The van der Waals surface area contributed by atoms with Gasteiger partial charge in [-0.05, 0) is 37.4 Å². The van der Waals surface area contributed by atoms with E-state index in [4.69, 9.17) is 4.74 Å². The number of nitrogens with zero attached hydrogens (tertiary/aromatic N) is 2. The van der Waals surface area contributed by atoms with Crippen molar-refractivity contribution < 1.29 is 13.2 Å². The van der Waals surface area contributed by atoms with E-state index in [0.717, 1.165) is 31.6 Å². The first-order valence-corrected chi connectivity index (χ1v) is 8.61. The summed E-state index contributed by atoms with van der Waals surface area (Å²) in [5.74, 6) is 0.363. The van der Waals surface area contributed by atoms with E-state index in [1.807, 2.05) is 7.05 Å². The first-order chi connectivity index (χ1) is 10.0. The van der Waals surface area contributed by atoms with Crippen LogP contribution in [0, 0.1) is 5.92 Å². The van der Waals surface area contributed by atoms with Gasteiger partial charge in [0.1, 0.15) is 0 Å². The number of aromatic nitrogens is 1. The van der Waals surface area contributed by atoms with Gasteiger partial charge in [-0.1, -0.05) is 6.07 Å². The molecule has 0 radical (unpaired) electrons. The van der Waals surface area contributed by atoms with Crippen molar-refractivity contribution in [2.45, 2.75) is 24.4 Å². The summed E-state index contributed by atoms with van der Waals surface area (Å²) in [6.07, 6.45) is 3.43. The lowest BCUT2D eigenvalue weighted by Gasteiger charge is -2.26. The number of hydrogen-bond donors (Lipinski definition) is 1. The molecule has 0 atom stereocenters. The zero-order valence-electron chi connectivity index (χ0n) is 12.6. The van der Waals surface area contributed by atoms with E-state index in [9.17, 15) is 8.42 Å². The number of rotatable bonds is 6. The van der Waals surface area contributed by atoms with Gasteiger partial charge >= 0.3 is 0 Å². The molecule has 0 aromatic carbocycles. The highest BCUT2D eigenvalue weighted by atomic mass is 32.2. The number of ether oxygens (including phenoxy) is 1. The minimum atomic E-state index is -3.51. The number of pyridine rings is 1. The van der Waals surface area contributed by atoms with Gasteiger partial charge in [-0.3, -0.25) is 0 Å². The van der Waals surface area contributed by atoms with Gasteiger partial charge in [-0.2, -0.15) is 4.31 Å². The zero-order chi connectivity index (χ0) is 15.3. The molecule has 0 bridgehead atoms. The van der Waals surface area contributed by atoms with Gasteiger partial charge in [-0.25, -0.2) is 13.4 Å². The van der Waals surface area contributed by atoms with E-state index in [1.165, 1.54) is 4.31 Å². The molecule has 2 rings (SSSR count). The van der Waals surface area contributed by atoms with Gasteiger partial charge in [0.25, 0.3) is 10.0 Å². The van der Waals surface area contributed by atoms with Crippen molar-refractivity contribution in [1.29, 1.82) is 0 Å². The summed E-state index contributed by atoms with van der Waals surface area (Å²) < 4.78 is 31.7. The van der Waals surface area contributed by atoms with Crippen LogP contribution in [0.25, 0.3) is 0 Å². The highest BCUT2D eigenvalue weighted by Crippen LogP contribution is 2.19. The van der Waals surface area contributed by atoms with Gasteiger partial charge in [0.05, 0.1) is 0 Å². The summed E-state index contributed by atoms with van der Waals surface area (Å²) in [6.45, 7) is 2.63. The van der Waals surface area contributed by atoms with Crippen molar-refractivity contribution in [1.82, 2.24) is 14.6 Å². The molecule has 0 saturated carbocycles. The van der Waals surface area contributed by atoms with Crippen LogP contribution < -0.4 is 5.32 Å². The summed E-state index contributed by atoms with van der Waals surface area (Å²) in [4.78, 5) is 4.09. The van der Waals surface area contributed by atoms with Crippen molar-refractivity contribution in [3.63, 3.8) is 0 Å². The second kappa shape index (κ2) is 7.31. The summed E-state index contributed by atoms with van der Waals surface area (Å²) >= 11 is 0. The maximum Gasteiger partial charge on any atom is 0.260 e. The second-order valence-electron chi connectivity index (χ2n) is 5.38. The Morgan fingerprint density at radius 3 is 2.67 bits per heavy atom. The van der Waals surface area contributed by atoms with Crippen molar-refractivity contribution in [3.8, 4) is 0 Å². The topological polar surface area (TPSA) is 71.5 Å². The highest BCUT2D eigenvalue weighted by molar-refractivity contribution is 7.89. The predicted octanol–water partition coefficient (Wildman–Crippen LogP) is 0.848. The lowest BCUT2D eigenvalue weighted by Crippen LogP contribution is -2.34. The van der Waals surface area contributed by atoms with Crippen LogP contribution in [0.3, 0.4) is 0 Å². The minimum Gasteiger partial charge on any atom is -0.381 e. The molecule has 21 heavy (non-hydrogen) atoms. The van der Waals surface area contributed by atoms with Crippen LogP contribution in [0.1, 0.15) is 18.4 Å². The lowest BCUT2D eigenvalue weighted by atomic mass is 10.0. The van der Waals surface area contributed by atoms with Gasteiger partial charge in [0, 0.05) is 39.5 Å².